The van der Waals surface area contributed by atoms with Crippen molar-refractivity contribution in [3.8, 4) is 0 Å². The first-order chi connectivity index (χ1) is 9.42. The first-order valence-electron chi connectivity index (χ1n) is 5.67. The van der Waals surface area contributed by atoms with Crippen molar-refractivity contribution < 1.29 is 24.2 Å². The van der Waals surface area contributed by atoms with Crippen molar-refractivity contribution in [3.63, 3.8) is 0 Å². The molecule has 0 bridgehead atoms. The summed E-state index contributed by atoms with van der Waals surface area (Å²) in [6.07, 6.45) is 1.20. The number of carboxylic acid groups (broad SMARTS) is 1. The van der Waals surface area contributed by atoms with E-state index < -0.39 is 30.4 Å². The first kappa shape index (κ1) is 15.9. The monoisotopic (exact) mass is 301 g/mol. The number of nitrogens with one attached hydrogen (secondary N) is 2. The van der Waals surface area contributed by atoms with Crippen LogP contribution in [0.25, 0.3) is 0 Å². The van der Waals surface area contributed by atoms with Gasteiger partial charge in [-0.15, -0.1) is 11.3 Å². The second kappa shape index (κ2) is 7.43. The molecule has 2 amide bonds. The average molecular weight is 301 g/mol. The number of carboxylic acids is 1. The molecule has 110 valence electrons. The largest absolute Gasteiger partial charge is 0.480 e. The van der Waals surface area contributed by atoms with E-state index in [0.717, 1.165) is 17.0 Å². The number of aliphatic carboxylic acids is 1. The number of aryl methyl sites for hydroxylation is 1. The minimum atomic E-state index is -1.33. The summed E-state index contributed by atoms with van der Waals surface area (Å²) in [7, 11) is 1.15. The van der Waals surface area contributed by atoms with Gasteiger partial charge in [0.1, 0.15) is 6.04 Å². The quantitative estimate of drug-likeness (QED) is 0.649. The van der Waals surface area contributed by atoms with E-state index in [1.165, 1.54) is 11.3 Å². The van der Waals surface area contributed by atoms with Crippen molar-refractivity contribution in [1.29, 1.82) is 0 Å². The second-order valence-electron chi connectivity index (χ2n) is 3.84. The summed E-state index contributed by atoms with van der Waals surface area (Å²) in [5, 5.41) is 14.5. The molecule has 1 aromatic heterocycles. The molecule has 0 aromatic carbocycles. The summed E-state index contributed by atoms with van der Waals surface area (Å²) in [4.78, 5) is 38.4. The van der Waals surface area contributed by atoms with E-state index in [0.29, 0.717) is 0 Å². The molecule has 9 heteroatoms. The van der Waals surface area contributed by atoms with Gasteiger partial charge in [-0.05, 0) is 6.92 Å². The highest BCUT2D eigenvalue weighted by Crippen LogP contribution is 2.10. The number of ether oxygens (including phenoxy) is 1. The number of rotatable bonds is 6. The number of thiazole rings is 1. The van der Waals surface area contributed by atoms with Gasteiger partial charge in [0.15, 0.2) is 0 Å². The van der Waals surface area contributed by atoms with Crippen LogP contribution in [0.15, 0.2) is 6.20 Å². The van der Waals surface area contributed by atoms with E-state index in [1.807, 2.05) is 6.92 Å². The Morgan fingerprint density at radius 3 is 2.70 bits per heavy atom. The van der Waals surface area contributed by atoms with Gasteiger partial charge in [0.25, 0.3) is 0 Å². The minimum Gasteiger partial charge on any atom is -0.480 e. The van der Waals surface area contributed by atoms with E-state index in [9.17, 15) is 14.4 Å². The van der Waals surface area contributed by atoms with Crippen LogP contribution in [-0.4, -0.2) is 41.2 Å². The lowest BCUT2D eigenvalue weighted by molar-refractivity contribution is -0.147. The zero-order chi connectivity index (χ0) is 15.1. The van der Waals surface area contributed by atoms with Crippen LogP contribution in [-0.2, 0) is 20.9 Å². The Balaban J connectivity index is 2.45. The number of hydrogen-bond acceptors (Lipinski definition) is 6. The van der Waals surface area contributed by atoms with Gasteiger partial charge in [0, 0.05) is 11.1 Å². The van der Waals surface area contributed by atoms with Crippen LogP contribution in [0.2, 0.25) is 0 Å². The van der Waals surface area contributed by atoms with Crippen LogP contribution in [0.4, 0.5) is 4.79 Å². The zero-order valence-electron chi connectivity index (χ0n) is 11.0. The molecule has 3 N–H and O–H groups in total. The molecule has 0 aliphatic heterocycles. The van der Waals surface area contributed by atoms with Crippen molar-refractivity contribution >= 4 is 29.3 Å². The maximum Gasteiger partial charge on any atom is 0.326 e. The average Bonchev–Trinajstić information content (AvgIpc) is 2.81. The van der Waals surface area contributed by atoms with Gasteiger partial charge >= 0.3 is 18.0 Å². The Kier molecular flexibility index (Phi) is 5.91. The number of aromatic nitrogens is 1. The molecule has 20 heavy (non-hydrogen) atoms. The molecular formula is C11H15N3O5S. The summed E-state index contributed by atoms with van der Waals surface area (Å²) in [6.45, 7) is 2.08. The lowest BCUT2D eigenvalue weighted by atomic mass is 10.2. The standard InChI is InChI=1S/C11H15N3O5S/c1-6-12-4-7(20-6)5-13-11(18)14-8(10(16)17)3-9(15)19-2/h4,8H,3,5H2,1-2H3,(H,16,17)(H2,13,14,18)/t8-/m0/s1. The fourth-order valence-electron chi connectivity index (χ4n) is 1.31. The summed E-state index contributed by atoms with van der Waals surface area (Å²) in [5.74, 6) is -2.02. The van der Waals surface area contributed by atoms with Crippen LogP contribution in [0, 0.1) is 6.92 Å². The zero-order valence-corrected chi connectivity index (χ0v) is 11.8. The maximum absolute atomic E-state index is 11.6. The highest BCUT2D eigenvalue weighted by atomic mass is 32.1. The predicted molar refractivity (Wildman–Crippen MR) is 70.3 cm³/mol. The maximum atomic E-state index is 11.6. The van der Waals surface area contributed by atoms with Crippen molar-refractivity contribution in [1.82, 2.24) is 15.6 Å². The SMILES string of the molecule is COC(=O)C[C@H](NC(=O)NCc1cnc(C)s1)C(=O)O. The number of methoxy groups -OCH3 is 1. The van der Waals surface area contributed by atoms with Crippen LogP contribution < -0.4 is 10.6 Å². The van der Waals surface area contributed by atoms with Gasteiger partial charge in [0.2, 0.25) is 0 Å². The molecule has 1 rings (SSSR count). The molecule has 1 heterocycles. The van der Waals surface area contributed by atoms with Gasteiger partial charge in [-0.3, -0.25) is 4.79 Å². The summed E-state index contributed by atoms with van der Waals surface area (Å²) < 4.78 is 4.36. The number of carbonyl (C=O) groups excluding carboxylic acids is 2. The van der Waals surface area contributed by atoms with Crippen LogP contribution in [0.1, 0.15) is 16.3 Å². The first-order valence-corrected chi connectivity index (χ1v) is 6.49. The molecule has 0 aliphatic rings. The molecule has 0 saturated heterocycles. The third-order valence-electron chi connectivity index (χ3n) is 2.29. The molecule has 0 aliphatic carbocycles. The fraction of sp³-hybridized carbons (Fsp3) is 0.455. The van der Waals surface area contributed by atoms with Crippen molar-refractivity contribution in [2.75, 3.05) is 7.11 Å². The number of esters is 1. The Hall–Kier alpha value is -2.16. The highest BCUT2D eigenvalue weighted by Gasteiger charge is 2.23. The van der Waals surface area contributed by atoms with Gasteiger partial charge in [-0.2, -0.15) is 0 Å². The normalized spacial score (nSPS) is 11.5. The Labute approximate surface area is 119 Å². The lowest BCUT2D eigenvalue weighted by Gasteiger charge is -2.13. The molecular weight excluding hydrogens is 286 g/mol. The summed E-state index contributed by atoms with van der Waals surface area (Å²) in [6, 6.07) is -2.00. The number of hydrogen-bond donors (Lipinski definition) is 3. The van der Waals surface area contributed by atoms with E-state index >= 15 is 0 Å². The fourth-order valence-corrected chi connectivity index (χ4v) is 2.05. The number of nitrogens with zero attached hydrogens (tertiary/aromatic N) is 1. The Bertz CT molecular complexity index is 502. The molecule has 1 aromatic rings. The molecule has 0 fully saturated rings. The predicted octanol–water partition coefficient (Wildman–Crippen LogP) is 0.267. The Morgan fingerprint density at radius 2 is 2.20 bits per heavy atom. The molecule has 1 atom stereocenters. The van der Waals surface area contributed by atoms with E-state index in [4.69, 9.17) is 5.11 Å². The number of urea groups is 1. The van der Waals surface area contributed by atoms with E-state index in [-0.39, 0.29) is 6.54 Å². The van der Waals surface area contributed by atoms with Crippen LogP contribution in [0.5, 0.6) is 0 Å². The number of carbonyl (C=O) groups is 3. The van der Waals surface area contributed by atoms with Crippen molar-refractivity contribution in [2.24, 2.45) is 0 Å². The van der Waals surface area contributed by atoms with Gasteiger partial charge < -0.3 is 20.5 Å². The van der Waals surface area contributed by atoms with Crippen molar-refractivity contribution in [2.45, 2.75) is 25.9 Å². The Morgan fingerprint density at radius 1 is 1.50 bits per heavy atom. The van der Waals surface area contributed by atoms with Gasteiger partial charge in [0.05, 0.1) is 25.1 Å². The minimum absolute atomic E-state index is 0.238. The van der Waals surface area contributed by atoms with Gasteiger partial charge in [-0.1, -0.05) is 0 Å². The molecule has 8 nitrogen and oxygen atoms in total. The molecule has 0 spiro atoms. The molecule has 0 radical (unpaired) electrons. The highest BCUT2D eigenvalue weighted by molar-refractivity contribution is 7.11. The summed E-state index contributed by atoms with van der Waals surface area (Å²) >= 11 is 1.43. The summed E-state index contributed by atoms with van der Waals surface area (Å²) in [5.41, 5.74) is 0. The van der Waals surface area contributed by atoms with Gasteiger partial charge in [-0.25, -0.2) is 14.6 Å². The topological polar surface area (TPSA) is 118 Å². The third-order valence-corrected chi connectivity index (χ3v) is 3.21. The van der Waals surface area contributed by atoms with E-state index in [2.05, 4.69) is 20.4 Å². The molecule has 0 saturated carbocycles. The lowest BCUT2D eigenvalue weighted by Crippen LogP contribution is -2.46. The number of amides is 2. The second-order valence-corrected chi connectivity index (χ2v) is 5.16. The van der Waals surface area contributed by atoms with Crippen molar-refractivity contribution in [3.05, 3.63) is 16.1 Å². The molecule has 0 unspecified atom stereocenters. The third kappa shape index (κ3) is 5.22. The van der Waals surface area contributed by atoms with Crippen LogP contribution >= 0.6 is 11.3 Å². The smallest absolute Gasteiger partial charge is 0.326 e. The van der Waals surface area contributed by atoms with E-state index in [1.54, 1.807) is 6.20 Å². The van der Waals surface area contributed by atoms with Crippen LogP contribution in [0.3, 0.4) is 0 Å².